The third-order valence-electron chi connectivity index (χ3n) is 3.91. The highest BCUT2D eigenvalue weighted by molar-refractivity contribution is 5.48. The van der Waals surface area contributed by atoms with E-state index in [0.29, 0.717) is 0 Å². The third-order valence-corrected chi connectivity index (χ3v) is 3.91. The molecule has 0 aromatic carbocycles. The molecule has 0 aliphatic heterocycles. The van der Waals surface area contributed by atoms with Crippen LogP contribution in [-0.4, -0.2) is 15.0 Å². The number of pyridine rings is 1. The zero-order chi connectivity index (χ0) is 13.8. The van der Waals surface area contributed by atoms with Crippen molar-refractivity contribution in [2.75, 3.05) is 5.32 Å². The Morgan fingerprint density at radius 1 is 1.15 bits per heavy atom. The number of aryl methyl sites for hydroxylation is 1. The summed E-state index contributed by atoms with van der Waals surface area (Å²) in [7, 11) is 0. The summed E-state index contributed by atoms with van der Waals surface area (Å²) in [5.41, 5.74) is 3.70. The van der Waals surface area contributed by atoms with Crippen LogP contribution in [0.5, 0.6) is 0 Å². The van der Waals surface area contributed by atoms with Gasteiger partial charge in [0, 0.05) is 23.7 Å². The first-order valence-electron chi connectivity index (χ1n) is 7.34. The first-order valence-corrected chi connectivity index (χ1v) is 7.34. The lowest BCUT2D eigenvalue weighted by molar-refractivity contribution is 0.708. The Kier molecular flexibility index (Phi) is 3.90. The zero-order valence-corrected chi connectivity index (χ0v) is 11.8. The fraction of sp³-hybridized carbons (Fsp3) is 0.438. The Morgan fingerprint density at radius 3 is 2.90 bits per heavy atom. The predicted molar refractivity (Wildman–Crippen MR) is 79.6 cm³/mol. The summed E-state index contributed by atoms with van der Waals surface area (Å²) >= 11 is 0. The van der Waals surface area contributed by atoms with Crippen LogP contribution in [0.3, 0.4) is 0 Å². The van der Waals surface area contributed by atoms with Gasteiger partial charge in [0.1, 0.15) is 12.1 Å². The molecule has 1 N–H and O–H groups in total. The maximum Gasteiger partial charge on any atom is 0.133 e. The van der Waals surface area contributed by atoms with Crippen LogP contribution in [0.1, 0.15) is 49.0 Å². The van der Waals surface area contributed by atoms with Crippen LogP contribution < -0.4 is 5.32 Å². The molecule has 2 heterocycles. The van der Waals surface area contributed by atoms with Crippen molar-refractivity contribution in [3.8, 4) is 0 Å². The molecule has 0 radical (unpaired) electrons. The van der Waals surface area contributed by atoms with Crippen LogP contribution in [0.4, 0.5) is 5.82 Å². The minimum Gasteiger partial charge on any atom is -0.363 e. The van der Waals surface area contributed by atoms with Gasteiger partial charge < -0.3 is 5.32 Å². The normalized spacial score (nSPS) is 16.1. The van der Waals surface area contributed by atoms with Crippen LogP contribution in [0.25, 0.3) is 0 Å². The van der Waals surface area contributed by atoms with Gasteiger partial charge in [-0.15, -0.1) is 0 Å². The maximum atomic E-state index is 4.46. The molecule has 0 saturated heterocycles. The average Bonchev–Trinajstić information content (AvgIpc) is 2.74. The van der Waals surface area contributed by atoms with E-state index >= 15 is 0 Å². The van der Waals surface area contributed by atoms with Crippen LogP contribution in [0.2, 0.25) is 0 Å². The van der Waals surface area contributed by atoms with E-state index in [1.54, 1.807) is 12.5 Å². The molecule has 1 unspecified atom stereocenters. The van der Waals surface area contributed by atoms with Gasteiger partial charge in [-0.2, -0.15) is 0 Å². The molecule has 1 aliphatic rings. The highest BCUT2D eigenvalue weighted by Crippen LogP contribution is 2.26. The summed E-state index contributed by atoms with van der Waals surface area (Å²) in [5.74, 6) is 0.994. The molecule has 2 aromatic rings. The standard InChI is InChI=1S/C16H20N4/c1-12(13-6-5-9-17-10-13)20-16-14-7-3-2-4-8-15(14)18-11-19-16/h5-6,9-12H,2-4,7-8H2,1H3,(H,18,19,20). The van der Waals surface area contributed by atoms with Crippen molar-refractivity contribution < 1.29 is 0 Å². The molecule has 3 rings (SSSR count). The lowest BCUT2D eigenvalue weighted by Gasteiger charge is -2.18. The molecular formula is C16H20N4. The number of fused-ring (bicyclic) bond motifs is 1. The fourth-order valence-corrected chi connectivity index (χ4v) is 2.74. The van der Waals surface area contributed by atoms with E-state index in [1.807, 2.05) is 12.3 Å². The molecule has 2 aromatic heterocycles. The lowest BCUT2D eigenvalue weighted by atomic mass is 10.1. The number of nitrogens with one attached hydrogen (secondary N) is 1. The van der Waals surface area contributed by atoms with Crippen molar-refractivity contribution in [3.05, 3.63) is 47.7 Å². The second kappa shape index (κ2) is 5.99. The molecule has 0 bridgehead atoms. The van der Waals surface area contributed by atoms with Crippen molar-refractivity contribution in [2.24, 2.45) is 0 Å². The van der Waals surface area contributed by atoms with E-state index in [1.165, 1.54) is 36.1 Å². The molecule has 0 amide bonds. The highest BCUT2D eigenvalue weighted by atomic mass is 15.0. The Bertz CT molecular complexity index is 568. The van der Waals surface area contributed by atoms with Crippen molar-refractivity contribution in [1.29, 1.82) is 0 Å². The van der Waals surface area contributed by atoms with E-state index < -0.39 is 0 Å². The van der Waals surface area contributed by atoms with Gasteiger partial charge in [-0.25, -0.2) is 9.97 Å². The topological polar surface area (TPSA) is 50.7 Å². The summed E-state index contributed by atoms with van der Waals surface area (Å²) in [6.45, 7) is 2.14. The van der Waals surface area contributed by atoms with Crippen molar-refractivity contribution in [3.63, 3.8) is 0 Å². The van der Waals surface area contributed by atoms with E-state index in [4.69, 9.17) is 0 Å². The van der Waals surface area contributed by atoms with Crippen molar-refractivity contribution in [2.45, 2.75) is 45.1 Å². The van der Waals surface area contributed by atoms with Gasteiger partial charge in [-0.3, -0.25) is 4.98 Å². The molecule has 0 saturated carbocycles. The number of hydrogen-bond acceptors (Lipinski definition) is 4. The van der Waals surface area contributed by atoms with E-state index in [9.17, 15) is 0 Å². The first kappa shape index (κ1) is 13.0. The lowest BCUT2D eigenvalue weighted by Crippen LogP contribution is -2.12. The Morgan fingerprint density at radius 2 is 2.05 bits per heavy atom. The Labute approximate surface area is 119 Å². The zero-order valence-electron chi connectivity index (χ0n) is 11.8. The molecule has 1 aliphatic carbocycles. The van der Waals surface area contributed by atoms with Gasteiger partial charge in [-0.1, -0.05) is 12.5 Å². The van der Waals surface area contributed by atoms with Crippen LogP contribution in [-0.2, 0) is 12.8 Å². The van der Waals surface area contributed by atoms with Gasteiger partial charge >= 0.3 is 0 Å². The number of rotatable bonds is 3. The SMILES string of the molecule is CC(Nc1ncnc2c1CCCCC2)c1cccnc1. The van der Waals surface area contributed by atoms with Crippen molar-refractivity contribution >= 4 is 5.82 Å². The van der Waals surface area contributed by atoms with Gasteiger partial charge in [0.25, 0.3) is 0 Å². The second-order valence-corrected chi connectivity index (χ2v) is 5.36. The molecule has 0 fully saturated rings. The summed E-state index contributed by atoms with van der Waals surface area (Å²) < 4.78 is 0. The maximum absolute atomic E-state index is 4.46. The summed E-state index contributed by atoms with van der Waals surface area (Å²) in [6.07, 6.45) is 11.3. The molecule has 20 heavy (non-hydrogen) atoms. The van der Waals surface area contributed by atoms with Crippen LogP contribution in [0.15, 0.2) is 30.9 Å². The molecular weight excluding hydrogens is 248 g/mol. The Balaban J connectivity index is 1.84. The molecule has 0 spiro atoms. The van der Waals surface area contributed by atoms with Gasteiger partial charge in [0.15, 0.2) is 0 Å². The predicted octanol–water partition coefficient (Wildman–Crippen LogP) is 3.31. The van der Waals surface area contributed by atoms with Crippen LogP contribution >= 0.6 is 0 Å². The smallest absolute Gasteiger partial charge is 0.133 e. The number of hydrogen-bond donors (Lipinski definition) is 1. The number of aromatic nitrogens is 3. The highest BCUT2D eigenvalue weighted by Gasteiger charge is 2.16. The quantitative estimate of drug-likeness (QED) is 0.868. The van der Waals surface area contributed by atoms with Crippen LogP contribution in [0, 0.1) is 0 Å². The third kappa shape index (κ3) is 2.79. The van der Waals surface area contributed by atoms with Gasteiger partial charge in [0.05, 0.1) is 6.04 Å². The number of anilines is 1. The number of nitrogens with zero attached hydrogens (tertiary/aromatic N) is 3. The molecule has 4 nitrogen and oxygen atoms in total. The molecule has 4 heteroatoms. The summed E-state index contributed by atoms with van der Waals surface area (Å²) in [5, 5.41) is 3.52. The largest absolute Gasteiger partial charge is 0.363 e. The second-order valence-electron chi connectivity index (χ2n) is 5.36. The summed E-state index contributed by atoms with van der Waals surface area (Å²) in [4.78, 5) is 13.1. The molecule has 104 valence electrons. The molecule has 1 atom stereocenters. The average molecular weight is 268 g/mol. The van der Waals surface area contributed by atoms with Crippen molar-refractivity contribution in [1.82, 2.24) is 15.0 Å². The van der Waals surface area contributed by atoms with E-state index in [0.717, 1.165) is 18.7 Å². The summed E-state index contributed by atoms with van der Waals surface area (Å²) in [6, 6.07) is 4.25. The monoisotopic (exact) mass is 268 g/mol. The van der Waals surface area contributed by atoms with E-state index in [2.05, 4.69) is 33.3 Å². The van der Waals surface area contributed by atoms with E-state index in [-0.39, 0.29) is 6.04 Å². The minimum absolute atomic E-state index is 0.200. The fourth-order valence-electron chi connectivity index (χ4n) is 2.74. The minimum atomic E-state index is 0.200. The van der Waals surface area contributed by atoms with Gasteiger partial charge in [-0.05, 0) is 44.2 Å². The first-order chi connectivity index (χ1) is 9.84. The Hall–Kier alpha value is -1.97. The van der Waals surface area contributed by atoms with Gasteiger partial charge in [0.2, 0.25) is 0 Å².